The maximum atomic E-state index is 11.7. The Labute approximate surface area is 119 Å². The number of rotatable bonds is 6. The first-order valence-corrected chi connectivity index (χ1v) is 7.28. The maximum Gasteiger partial charge on any atom is 0.214 e. The number of hydrogen-bond donors (Lipinski definition) is 0. The van der Waals surface area contributed by atoms with Gasteiger partial charge in [-0.3, -0.25) is 4.79 Å². The highest BCUT2D eigenvalue weighted by Crippen LogP contribution is 2.23. The van der Waals surface area contributed by atoms with Gasteiger partial charge in [0.15, 0.2) is 0 Å². The van der Waals surface area contributed by atoms with E-state index in [1.54, 1.807) is 6.92 Å². The van der Waals surface area contributed by atoms with Crippen molar-refractivity contribution in [1.29, 1.82) is 0 Å². The van der Waals surface area contributed by atoms with Crippen LogP contribution in [0.2, 0.25) is 0 Å². The van der Waals surface area contributed by atoms with Gasteiger partial charge in [0.2, 0.25) is 5.12 Å². The molecular formula is C15H18OS2. The summed E-state index contributed by atoms with van der Waals surface area (Å²) in [7, 11) is 0. The Morgan fingerprint density at radius 3 is 2.50 bits per heavy atom. The van der Waals surface area contributed by atoms with Gasteiger partial charge >= 0.3 is 0 Å². The van der Waals surface area contributed by atoms with Crippen molar-refractivity contribution in [3.8, 4) is 0 Å². The van der Waals surface area contributed by atoms with E-state index >= 15 is 0 Å². The second-order valence-electron chi connectivity index (χ2n) is 4.21. The summed E-state index contributed by atoms with van der Waals surface area (Å²) in [5.74, 6) is 0. The largest absolute Gasteiger partial charge is 0.282 e. The van der Waals surface area contributed by atoms with Crippen LogP contribution in [0.25, 0.3) is 0 Å². The van der Waals surface area contributed by atoms with Crippen LogP contribution >= 0.6 is 24.0 Å². The second-order valence-corrected chi connectivity index (χ2v) is 5.98. The molecule has 1 aromatic carbocycles. The van der Waals surface area contributed by atoms with Gasteiger partial charge in [-0.25, -0.2) is 0 Å². The average Bonchev–Trinajstić information content (AvgIpc) is 2.38. The smallest absolute Gasteiger partial charge is 0.214 e. The van der Waals surface area contributed by atoms with Crippen molar-refractivity contribution < 1.29 is 4.79 Å². The molecule has 96 valence electrons. The molecular weight excluding hydrogens is 260 g/mol. The van der Waals surface area contributed by atoms with Gasteiger partial charge in [-0.2, -0.15) is 0 Å². The van der Waals surface area contributed by atoms with E-state index in [2.05, 4.69) is 13.5 Å². The number of thioether (sulfide) groups is 1. The van der Waals surface area contributed by atoms with Crippen LogP contribution < -0.4 is 0 Å². The molecule has 0 saturated heterocycles. The summed E-state index contributed by atoms with van der Waals surface area (Å²) in [5.41, 5.74) is 1.68. The molecule has 1 atom stereocenters. The minimum atomic E-state index is 0.0673. The lowest BCUT2D eigenvalue weighted by molar-refractivity contribution is -0.107. The van der Waals surface area contributed by atoms with Crippen molar-refractivity contribution >= 4 is 34.0 Å². The van der Waals surface area contributed by atoms with Crippen molar-refractivity contribution in [2.75, 3.05) is 0 Å². The van der Waals surface area contributed by atoms with E-state index in [0.29, 0.717) is 5.57 Å². The van der Waals surface area contributed by atoms with Crippen molar-refractivity contribution in [2.24, 2.45) is 0 Å². The molecule has 3 heteroatoms. The highest BCUT2D eigenvalue weighted by molar-refractivity contribution is 8.14. The van der Waals surface area contributed by atoms with Crippen LogP contribution in [0.1, 0.15) is 32.3 Å². The van der Waals surface area contributed by atoms with Gasteiger partial charge in [-0.15, -0.1) is 0 Å². The molecule has 1 nitrogen and oxygen atoms in total. The second kappa shape index (κ2) is 7.49. The van der Waals surface area contributed by atoms with E-state index < -0.39 is 0 Å². The Kier molecular flexibility index (Phi) is 6.30. The molecule has 0 aliphatic heterocycles. The predicted octanol–water partition coefficient (Wildman–Crippen LogP) is 4.41. The zero-order valence-corrected chi connectivity index (χ0v) is 12.4. The molecule has 0 bridgehead atoms. The van der Waals surface area contributed by atoms with E-state index in [1.807, 2.05) is 30.3 Å². The number of thiocarbonyl (C=S) groups is 1. The predicted molar refractivity (Wildman–Crippen MR) is 84.3 cm³/mol. The lowest BCUT2D eigenvalue weighted by Gasteiger charge is -2.14. The SMILES string of the molecule is C=C(C)C(=O)SC(CC)CC(=S)c1ccccc1. The molecule has 0 aliphatic rings. The Balaban J connectivity index is 2.61. The van der Waals surface area contributed by atoms with Crippen LogP contribution in [0.3, 0.4) is 0 Å². The summed E-state index contributed by atoms with van der Waals surface area (Å²) in [5, 5.41) is 0.305. The van der Waals surface area contributed by atoms with E-state index in [-0.39, 0.29) is 10.4 Å². The van der Waals surface area contributed by atoms with Crippen molar-refractivity contribution in [2.45, 2.75) is 31.9 Å². The third kappa shape index (κ3) is 4.75. The lowest BCUT2D eigenvalue weighted by Crippen LogP contribution is -2.12. The Morgan fingerprint density at radius 1 is 1.39 bits per heavy atom. The summed E-state index contributed by atoms with van der Waals surface area (Å²) in [6.07, 6.45) is 1.69. The molecule has 0 aromatic heterocycles. The zero-order valence-electron chi connectivity index (χ0n) is 10.8. The Bertz CT molecular complexity index is 437. The van der Waals surface area contributed by atoms with E-state index in [9.17, 15) is 4.79 Å². The molecule has 0 N–H and O–H groups in total. The Morgan fingerprint density at radius 2 is 2.00 bits per heavy atom. The van der Waals surface area contributed by atoms with Gasteiger partial charge in [0.05, 0.1) is 0 Å². The van der Waals surface area contributed by atoms with Crippen molar-refractivity contribution in [3.63, 3.8) is 0 Å². The standard InChI is InChI=1S/C15H18OS2/c1-4-13(18-15(16)11(2)3)10-14(17)12-8-6-5-7-9-12/h5-9,13H,2,4,10H2,1,3H3. The first-order chi connectivity index (χ1) is 8.54. The highest BCUT2D eigenvalue weighted by Gasteiger charge is 2.15. The van der Waals surface area contributed by atoms with E-state index in [0.717, 1.165) is 23.3 Å². The topological polar surface area (TPSA) is 17.1 Å². The summed E-state index contributed by atoms with van der Waals surface area (Å²) >= 11 is 6.78. The molecule has 0 fully saturated rings. The summed E-state index contributed by atoms with van der Waals surface area (Å²) < 4.78 is 0. The number of carbonyl (C=O) groups is 1. The van der Waals surface area contributed by atoms with Crippen molar-refractivity contribution in [1.82, 2.24) is 0 Å². The monoisotopic (exact) mass is 278 g/mol. The summed E-state index contributed by atoms with van der Waals surface area (Å²) in [6.45, 7) is 7.50. The number of hydrogen-bond acceptors (Lipinski definition) is 3. The van der Waals surface area contributed by atoms with Crippen LogP contribution in [0.15, 0.2) is 42.5 Å². The third-order valence-electron chi connectivity index (χ3n) is 2.59. The van der Waals surface area contributed by atoms with E-state index in [1.165, 1.54) is 11.8 Å². The molecule has 1 unspecified atom stereocenters. The number of carbonyl (C=O) groups excluding carboxylic acids is 1. The molecule has 0 saturated carbocycles. The van der Waals surface area contributed by atoms with Gasteiger partial charge in [0.1, 0.15) is 0 Å². The molecule has 0 heterocycles. The van der Waals surface area contributed by atoms with Crippen LogP contribution in [-0.2, 0) is 4.79 Å². The quantitative estimate of drug-likeness (QED) is 0.436. The first-order valence-electron chi connectivity index (χ1n) is 5.99. The highest BCUT2D eigenvalue weighted by atomic mass is 32.2. The minimum Gasteiger partial charge on any atom is -0.282 e. The average molecular weight is 278 g/mol. The molecule has 0 radical (unpaired) electrons. The van der Waals surface area contributed by atoms with Gasteiger partial charge in [0, 0.05) is 10.1 Å². The maximum absolute atomic E-state index is 11.7. The van der Waals surface area contributed by atoms with Crippen LogP contribution in [0, 0.1) is 0 Å². The lowest BCUT2D eigenvalue weighted by atomic mass is 10.1. The van der Waals surface area contributed by atoms with Gasteiger partial charge < -0.3 is 0 Å². The molecule has 0 spiro atoms. The summed E-state index contributed by atoms with van der Waals surface area (Å²) in [4.78, 5) is 12.6. The first kappa shape index (κ1) is 15.1. The number of benzene rings is 1. The van der Waals surface area contributed by atoms with Crippen LogP contribution in [-0.4, -0.2) is 15.2 Å². The molecule has 0 aliphatic carbocycles. The van der Waals surface area contributed by atoms with Crippen LogP contribution in [0.5, 0.6) is 0 Å². The molecule has 1 aromatic rings. The Hall–Kier alpha value is -0.930. The van der Waals surface area contributed by atoms with Crippen LogP contribution in [0.4, 0.5) is 0 Å². The van der Waals surface area contributed by atoms with Gasteiger partial charge in [-0.05, 0) is 30.9 Å². The van der Waals surface area contributed by atoms with Gasteiger partial charge in [-0.1, -0.05) is 67.8 Å². The molecule has 0 amide bonds. The fraction of sp³-hybridized carbons (Fsp3) is 0.333. The fourth-order valence-corrected chi connectivity index (χ4v) is 2.83. The zero-order chi connectivity index (χ0) is 13.5. The minimum absolute atomic E-state index is 0.0673. The molecule has 1 rings (SSSR count). The molecule has 18 heavy (non-hydrogen) atoms. The van der Waals surface area contributed by atoms with Gasteiger partial charge in [0.25, 0.3) is 0 Å². The summed E-state index contributed by atoms with van der Waals surface area (Å²) in [6, 6.07) is 9.97. The third-order valence-corrected chi connectivity index (χ3v) is 4.38. The fourth-order valence-electron chi connectivity index (χ4n) is 1.47. The normalized spacial score (nSPS) is 11.9. The van der Waals surface area contributed by atoms with Crippen molar-refractivity contribution in [3.05, 3.63) is 48.0 Å². The van der Waals surface area contributed by atoms with E-state index in [4.69, 9.17) is 12.2 Å².